The minimum absolute atomic E-state index is 0.384. The molecule has 1 aromatic carbocycles. The predicted octanol–water partition coefficient (Wildman–Crippen LogP) is 11.4. The molecule has 1 N–H and O–H groups in total. The second kappa shape index (κ2) is 27.8. The maximum Gasteiger partial charge on any atom is 0.500 e. The van der Waals surface area contributed by atoms with Crippen LogP contribution in [0.5, 0.6) is 0 Å². The fourth-order valence-electron chi connectivity index (χ4n) is 6.23. The van der Waals surface area contributed by atoms with Crippen LogP contribution in [0.3, 0.4) is 0 Å². The van der Waals surface area contributed by atoms with E-state index >= 15 is 0 Å². The van der Waals surface area contributed by atoms with Crippen LogP contribution in [0, 0.1) is 5.92 Å². The zero-order valence-electron chi connectivity index (χ0n) is 28.7. The first kappa shape index (κ1) is 39.3. The highest BCUT2D eigenvalue weighted by Gasteiger charge is 2.39. The second-order valence-electron chi connectivity index (χ2n) is 12.4. The van der Waals surface area contributed by atoms with Gasteiger partial charge in [-0.05, 0) is 51.6 Å². The van der Waals surface area contributed by atoms with Crippen molar-refractivity contribution in [2.45, 2.75) is 169 Å². The summed E-state index contributed by atoms with van der Waals surface area (Å²) in [4.78, 5) is 0. The van der Waals surface area contributed by atoms with Crippen molar-refractivity contribution in [3.8, 4) is 0 Å². The molecule has 2 unspecified atom stereocenters. The molecule has 0 amide bonds. The Morgan fingerprint density at radius 2 is 1.00 bits per heavy atom. The van der Waals surface area contributed by atoms with Gasteiger partial charge in [-0.3, -0.25) is 0 Å². The van der Waals surface area contributed by atoms with E-state index in [9.17, 15) is 0 Å². The van der Waals surface area contributed by atoms with Gasteiger partial charge in [0.2, 0.25) is 0 Å². The Balaban J connectivity index is 2.23. The van der Waals surface area contributed by atoms with Crippen LogP contribution >= 0.6 is 0 Å². The quantitative estimate of drug-likeness (QED) is 0.0675. The lowest BCUT2D eigenvalue weighted by atomic mass is 9.89. The third-order valence-corrected chi connectivity index (χ3v) is 11.8. The summed E-state index contributed by atoms with van der Waals surface area (Å²) in [6, 6.07) is 12.3. The SMILES string of the molecule is CCCCCCCCCCCCCCCCCCCC(C)C(NCCC[Si](OCC)(OCC)OCC)c1ccccc1. The van der Waals surface area contributed by atoms with E-state index in [4.69, 9.17) is 13.3 Å². The number of benzene rings is 1. The fourth-order valence-corrected chi connectivity index (χ4v) is 8.84. The first-order chi connectivity index (χ1) is 20.6. The summed E-state index contributed by atoms with van der Waals surface area (Å²) in [5.41, 5.74) is 1.40. The van der Waals surface area contributed by atoms with Gasteiger partial charge in [-0.25, -0.2) is 0 Å². The number of nitrogens with one attached hydrogen (secondary N) is 1. The maximum atomic E-state index is 6.06. The topological polar surface area (TPSA) is 39.7 Å². The molecule has 0 saturated heterocycles. The average molecular weight is 606 g/mol. The Bertz CT molecular complexity index is 672. The van der Waals surface area contributed by atoms with Crippen molar-refractivity contribution >= 4 is 8.80 Å². The summed E-state index contributed by atoms with van der Waals surface area (Å²) in [7, 11) is -2.57. The zero-order chi connectivity index (χ0) is 30.6. The molecule has 0 bridgehead atoms. The van der Waals surface area contributed by atoms with Gasteiger partial charge in [0, 0.05) is 31.9 Å². The van der Waals surface area contributed by atoms with Gasteiger partial charge in [0.25, 0.3) is 0 Å². The third-order valence-electron chi connectivity index (χ3n) is 8.61. The molecule has 5 heteroatoms. The largest absolute Gasteiger partial charge is 0.500 e. The molecule has 0 radical (unpaired) electrons. The maximum absolute atomic E-state index is 6.06. The first-order valence-electron chi connectivity index (χ1n) is 18.3. The molecule has 1 aromatic rings. The van der Waals surface area contributed by atoms with Crippen molar-refractivity contribution < 1.29 is 13.3 Å². The molecule has 0 aliphatic rings. The fraction of sp³-hybridized carbons (Fsp3) is 0.838. The summed E-state index contributed by atoms with van der Waals surface area (Å²) in [5.74, 6) is 0.608. The molecule has 0 aromatic heterocycles. The van der Waals surface area contributed by atoms with Gasteiger partial charge in [0.15, 0.2) is 0 Å². The molecular weight excluding hydrogens is 534 g/mol. The van der Waals surface area contributed by atoms with Crippen LogP contribution in [0.25, 0.3) is 0 Å². The van der Waals surface area contributed by atoms with E-state index in [-0.39, 0.29) is 0 Å². The van der Waals surface area contributed by atoms with Crippen molar-refractivity contribution in [2.24, 2.45) is 5.92 Å². The molecule has 42 heavy (non-hydrogen) atoms. The van der Waals surface area contributed by atoms with Crippen molar-refractivity contribution in [2.75, 3.05) is 26.4 Å². The summed E-state index contributed by atoms with van der Waals surface area (Å²) < 4.78 is 18.2. The van der Waals surface area contributed by atoms with Crippen molar-refractivity contribution in [3.63, 3.8) is 0 Å². The van der Waals surface area contributed by atoms with Crippen LogP contribution < -0.4 is 5.32 Å². The van der Waals surface area contributed by atoms with Gasteiger partial charge in [-0.2, -0.15) is 0 Å². The van der Waals surface area contributed by atoms with E-state index in [2.05, 4.69) is 49.5 Å². The summed E-state index contributed by atoms with van der Waals surface area (Å²) in [6.07, 6.45) is 26.5. The molecule has 4 nitrogen and oxygen atoms in total. The number of rotatable bonds is 31. The molecule has 0 saturated carbocycles. The molecule has 2 atom stereocenters. The van der Waals surface area contributed by atoms with Gasteiger partial charge in [0.05, 0.1) is 0 Å². The highest BCUT2D eigenvalue weighted by Crippen LogP contribution is 2.27. The molecule has 246 valence electrons. The lowest BCUT2D eigenvalue weighted by Crippen LogP contribution is -2.46. The van der Waals surface area contributed by atoms with Crippen LogP contribution in [0.4, 0.5) is 0 Å². The Kier molecular flexibility index (Phi) is 26.0. The highest BCUT2D eigenvalue weighted by molar-refractivity contribution is 6.60. The Morgan fingerprint density at radius 1 is 0.571 bits per heavy atom. The number of hydrogen-bond donors (Lipinski definition) is 1. The van der Waals surface area contributed by atoms with Crippen LogP contribution in [-0.2, 0) is 13.3 Å². The predicted molar refractivity (Wildman–Crippen MR) is 185 cm³/mol. The van der Waals surface area contributed by atoms with Crippen LogP contribution in [0.15, 0.2) is 30.3 Å². The second-order valence-corrected chi connectivity index (χ2v) is 15.1. The van der Waals surface area contributed by atoms with E-state index in [0.717, 1.165) is 19.0 Å². The van der Waals surface area contributed by atoms with Crippen LogP contribution in [0.2, 0.25) is 6.04 Å². The van der Waals surface area contributed by atoms with Crippen molar-refractivity contribution in [3.05, 3.63) is 35.9 Å². The van der Waals surface area contributed by atoms with Crippen molar-refractivity contribution in [1.29, 1.82) is 0 Å². The number of hydrogen-bond acceptors (Lipinski definition) is 4. The normalized spacial score (nSPS) is 13.5. The third kappa shape index (κ3) is 19.5. The van der Waals surface area contributed by atoms with Gasteiger partial charge in [0.1, 0.15) is 0 Å². The van der Waals surface area contributed by atoms with E-state index in [1.165, 1.54) is 121 Å². The van der Waals surface area contributed by atoms with E-state index < -0.39 is 8.80 Å². The van der Waals surface area contributed by atoms with Gasteiger partial charge in [-0.1, -0.05) is 153 Å². The highest BCUT2D eigenvalue weighted by atomic mass is 28.4. The lowest BCUT2D eigenvalue weighted by molar-refractivity contribution is 0.0707. The average Bonchev–Trinajstić information content (AvgIpc) is 2.99. The molecule has 0 fully saturated rings. The van der Waals surface area contributed by atoms with Crippen LogP contribution in [-0.4, -0.2) is 35.2 Å². The van der Waals surface area contributed by atoms with E-state index in [1.54, 1.807) is 0 Å². The Hall–Kier alpha value is -0.723. The summed E-state index contributed by atoms with van der Waals surface area (Å²) in [6.45, 7) is 13.7. The minimum atomic E-state index is -2.57. The van der Waals surface area contributed by atoms with Gasteiger partial charge >= 0.3 is 8.80 Å². The first-order valence-corrected chi connectivity index (χ1v) is 20.3. The van der Waals surface area contributed by atoms with Crippen molar-refractivity contribution in [1.82, 2.24) is 5.32 Å². The van der Waals surface area contributed by atoms with Gasteiger partial charge in [-0.15, -0.1) is 0 Å². The molecule has 0 spiro atoms. The zero-order valence-corrected chi connectivity index (χ0v) is 29.7. The Morgan fingerprint density at radius 3 is 1.43 bits per heavy atom. The van der Waals surface area contributed by atoms with E-state index in [0.29, 0.717) is 31.8 Å². The lowest BCUT2D eigenvalue weighted by Gasteiger charge is -2.29. The molecule has 1 rings (SSSR count). The number of unbranched alkanes of at least 4 members (excludes halogenated alkanes) is 16. The van der Waals surface area contributed by atoms with Crippen LogP contribution in [0.1, 0.15) is 168 Å². The minimum Gasteiger partial charge on any atom is -0.374 e. The van der Waals surface area contributed by atoms with Gasteiger partial charge < -0.3 is 18.6 Å². The standard InChI is InChI=1S/C37H71NO3Si/c1-6-10-11-12-13-14-15-16-17-18-19-20-21-22-23-24-26-30-35(5)37(36-31-27-25-28-32-36)38-33-29-34-42(39-7-2,40-8-3)41-9-4/h25,27-28,31-32,35,37-38H,6-24,26,29-30,33-34H2,1-5H3. The molecular formula is C37H71NO3Si. The monoisotopic (exact) mass is 606 g/mol. The molecule has 0 aliphatic carbocycles. The smallest absolute Gasteiger partial charge is 0.374 e. The molecule has 0 heterocycles. The molecule has 0 aliphatic heterocycles. The van der Waals surface area contributed by atoms with E-state index in [1.807, 2.05) is 20.8 Å². The summed E-state index contributed by atoms with van der Waals surface area (Å²) in [5, 5.41) is 3.90. The Labute approximate surface area is 263 Å². The summed E-state index contributed by atoms with van der Waals surface area (Å²) >= 11 is 0.